The highest BCUT2D eigenvalue weighted by Gasteiger charge is 2.45. The minimum absolute atomic E-state index is 0.143. The largest absolute Gasteiger partial charge is 0.490 e. The second kappa shape index (κ2) is 9.46. The summed E-state index contributed by atoms with van der Waals surface area (Å²) in [6, 6.07) is 0. The molecule has 0 radical (unpaired) electrons. The zero-order valence-corrected chi connectivity index (χ0v) is 16.9. The number of piperidine rings is 1. The number of alkyl halides is 3. The van der Waals surface area contributed by atoms with Crippen LogP contribution >= 0.6 is 0 Å². The van der Waals surface area contributed by atoms with E-state index in [1.54, 1.807) is 0 Å². The van der Waals surface area contributed by atoms with Gasteiger partial charge in [0.2, 0.25) is 5.91 Å². The number of carboxylic acids is 1. The molecule has 0 bridgehead atoms. The van der Waals surface area contributed by atoms with E-state index in [-0.39, 0.29) is 5.92 Å². The molecule has 0 aromatic rings. The smallest absolute Gasteiger partial charge is 0.475 e. The van der Waals surface area contributed by atoms with Gasteiger partial charge in [-0.3, -0.25) is 9.69 Å². The number of hydrogen-bond acceptors (Lipinski definition) is 3. The number of hydrogen-bond donors (Lipinski definition) is 1. The Morgan fingerprint density at radius 1 is 1.07 bits per heavy atom. The van der Waals surface area contributed by atoms with Crippen LogP contribution < -0.4 is 0 Å². The van der Waals surface area contributed by atoms with E-state index in [4.69, 9.17) is 9.90 Å². The molecule has 162 valence electrons. The number of nitrogens with zero attached hydrogens (tertiary/aromatic N) is 2. The number of carbonyl (C=O) groups is 2. The number of carbonyl (C=O) groups excluding carboxylic acids is 1. The van der Waals surface area contributed by atoms with Crippen LogP contribution in [-0.4, -0.2) is 64.7 Å². The zero-order chi connectivity index (χ0) is 20.9. The van der Waals surface area contributed by atoms with Crippen molar-refractivity contribution in [2.24, 2.45) is 11.8 Å². The number of aliphatic carboxylic acids is 1. The normalized spacial score (nSPS) is 26.6. The molecular weight excluding hydrogens is 373 g/mol. The monoisotopic (exact) mass is 406 g/mol. The summed E-state index contributed by atoms with van der Waals surface area (Å²) in [4.78, 5) is 26.2. The lowest BCUT2D eigenvalue weighted by atomic mass is 9.85. The molecule has 2 saturated heterocycles. The molecule has 1 N–H and O–H groups in total. The van der Waals surface area contributed by atoms with Crippen molar-refractivity contribution in [3.8, 4) is 0 Å². The number of carboxylic acid groups (broad SMARTS) is 1. The van der Waals surface area contributed by atoms with Crippen LogP contribution in [0.4, 0.5) is 13.2 Å². The predicted octanol–water partition coefficient (Wildman–Crippen LogP) is 3.92. The average Bonchev–Trinajstić information content (AvgIpc) is 3.25. The van der Waals surface area contributed by atoms with Crippen LogP contribution in [0.2, 0.25) is 0 Å². The predicted molar refractivity (Wildman–Crippen MR) is 99.8 cm³/mol. The summed E-state index contributed by atoms with van der Waals surface area (Å²) in [7, 11) is 0. The van der Waals surface area contributed by atoms with E-state index in [2.05, 4.69) is 9.80 Å². The molecule has 1 unspecified atom stereocenters. The number of likely N-dealkylation sites (tertiary alicyclic amines) is 2. The van der Waals surface area contributed by atoms with Crippen LogP contribution in [0.25, 0.3) is 0 Å². The molecule has 1 amide bonds. The third kappa shape index (κ3) is 5.84. The third-order valence-corrected chi connectivity index (χ3v) is 6.30. The van der Waals surface area contributed by atoms with Gasteiger partial charge in [-0.2, -0.15) is 13.2 Å². The van der Waals surface area contributed by atoms with Gasteiger partial charge in [-0.05, 0) is 51.0 Å². The Kier molecular flexibility index (Phi) is 7.76. The Balaban J connectivity index is 0.000000345. The van der Waals surface area contributed by atoms with Gasteiger partial charge >= 0.3 is 12.1 Å². The summed E-state index contributed by atoms with van der Waals surface area (Å²) >= 11 is 0. The van der Waals surface area contributed by atoms with Gasteiger partial charge < -0.3 is 10.0 Å². The third-order valence-electron chi connectivity index (χ3n) is 6.30. The lowest BCUT2D eigenvalue weighted by Gasteiger charge is -2.47. The summed E-state index contributed by atoms with van der Waals surface area (Å²) < 4.78 is 31.7. The lowest BCUT2D eigenvalue weighted by molar-refractivity contribution is -0.192. The van der Waals surface area contributed by atoms with Crippen molar-refractivity contribution in [3.63, 3.8) is 0 Å². The van der Waals surface area contributed by atoms with E-state index in [9.17, 15) is 18.0 Å². The van der Waals surface area contributed by atoms with Crippen molar-refractivity contribution >= 4 is 11.9 Å². The van der Waals surface area contributed by atoms with Gasteiger partial charge in [0.25, 0.3) is 0 Å². The summed E-state index contributed by atoms with van der Waals surface area (Å²) in [5.41, 5.74) is 0.325. The van der Waals surface area contributed by atoms with Gasteiger partial charge in [-0.25, -0.2) is 4.79 Å². The highest BCUT2D eigenvalue weighted by Crippen LogP contribution is 2.39. The first-order chi connectivity index (χ1) is 13.0. The molecule has 3 rings (SSSR count). The van der Waals surface area contributed by atoms with Crippen LogP contribution in [0, 0.1) is 11.8 Å². The fourth-order valence-corrected chi connectivity index (χ4v) is 4.91. The molecule has 8 heteroatoms. The van der Waals surface area contributed by atoms with Crippen LogP contribution in [-0.2, 0) is 9.59 Å². The van der Waals surface area contributed by atoms with Crippen LogP contribution in [0.15, 0.2) is 0 Å². The molecule has 1 saturated carbocycles. The van der Waals surface area contributed by atoms with E-state index in [0.717, 1.165) is 19.0 Å². The number of halogens is 3. The van der Waals surface area contributed by atoms with Gasteiger partial charge in [-0.15, -0.1) is 0 Å². The topological polar surface area (TPSA) is 60.9 Å². The highest BCUT2D eigenvalue weighted by atomic mass is 19.4. The van der Waals surface area contributed by atoms with Gasteiger partial charge in [-0.1, -0.05) is 26.7 Å². The molecule has 0 aromatic carbocycles. The van der Waals surface area contributed by atoms with Crippen molar-refractivity contribution in [2.45, 2.75) is 76.9 Å². The molecule has 3 aliphatic rings. The minimum atomic E-state index is -5.08. The van der Waals surface area contributed by atoms with Crippen LogP contribution in [0.5, 0.6) is 0 Å². The first-order valence-corrected chi connectivity index (χ1v) is 10.4. The first kappa shape index (κ1) is 23.0. The molecule has 0 aromatic heterocycles. The Labute approximate surface area is 165 Å². The van der Waals surface area contributed by atoms with E-state index < -0.39 is 12.1 Å². The van der Waals surface area contributed by atoms with Gasteiger partial charge in [0.05, 0.1) is 0 Å². The van der Waals surface area contributed by atoms with Crippen molar-refractivity contribution in [1.82, 2.24) is 9.80 Å². The lowest BCUT2D eigenvalue weighted by Crippen LogP contribution is -2.58. The Morgan fingerprint density at radius 2 is 1.61 bits per heavy atom. The summed E-state index contributed by atoms with van der Waals surface area (Å²) in [5, 5.41) is 7.12. The zero-order valence-electron chi connectivity index (χ0n) is 16.9. The van der Waals surface area contributed by atoms with E-state index >= 15 is 0 Å². The van der Waals surface area contributed by atoms with Gasteiger partial charge in [0.1, 0.15) is 0 Å². The maximum absolute atomic E-state index is 12.4. The van der Waals surface area contributed by atoms with Crippen molar-refractivity contribution in [2.75, 3.05) is 26.2 Å². The minimum Gasteiger partial charge on any atom is -0.475 e. The molecule has 1 spiro atoms. The maximum atomic E-state index is 12.4. The van der Waals surface area contributed by atoms with E-state index in [0.29, 0.717) is 11.4 Å². The van der Waals surface area contributed by atoms with Crippen LogP contribution in [0.1, 0.15) is 65.2 Å². The molecule has 1 atom stereocenters. The second-order valence-corrected chi connectivity index (χ2v) is 8.75. The Hall–Kier alpha value is -1.31. The molecule has 1 aliphatic carbocycles. The quantitative estimate of drug-likeness (QED) is 0.772. The van der Waals surface area contributed by atoms with Gasteiger partial charge in [0, 0.05) is 31.1 Å². The second-order valence-electron chi connectivity index (χ2n) is 8.75. The van der Waals surface area contributed by atoms with E-state index in [1.165, 1.54) is 64.5 Å². The van der Waals surface area contributed by atoms with Crippen LogP contribution in [0.3, 0.4) is 0 Å². The van der Waals surface area contributed by atoms with Crippen molar-refractivity contribution in [3.05, 3.63) is 0 Å². The standard InChI is InChI=1S/C18H32N2O.C2HF3O2/c1-15(2)17(21)19-11-5-9-18(14-19)10-6-12-20(18)13-16-7-3-4-8-16;3-2(4,5)1(6)7/h15-16H,3-14H2,1-2H3;(H,6,7). The molecule has 2 aliphatic heterocycles. The van der Waals surface area contributed by atoms with E-state index in [1.807, 2.05) is 13.8 Å². The summed E-state index contributed by atoms with van der Waals surface area (Å²) in [5.74, 6) is -1.32. The molecule has 28 heavy (non-hydrogen) atoms. The maximum Gasteiger partial charge on any atom is 0.490 e. The molecular formula is C20H33F3N2O3. The fourth-order valence-electron chi connectivity index (χ4n) is 4.91. The Bertz CT molecular complexity index is 547. The van der Waals surface area contributed by atoms with Gasteiger partial charge in [0.15, 0.2) is 0 Å². The summed E-state index contributed by atoms with van der Waals surface area (Å²) in [6.45, 7) is 8.61. The van der Waals surface area contributed by atoms with Crippen molar-refractivity contribution < 1.29 is 27.9 Å². The fraction of sp³-hybridized carbons (Fsp3) is 0.900. The number of amides is 1. The van der Waals surface area contributed by atoms with Crippen molar-refractivity contribution in [1.29, 1.82) is 0 Å². The summed E-state index contributed by atoms with van der Waals surface area (Å²) in [6.07, 6.45) is 5.79. The molecule has 3 fully saturated rings. The first-order valence-electron chi connectivity index (χ1n) is 10.4. The molecule has 2 heterocycles. The SMILES string of the molecule is CC(C)C(=O)N1CCCC2(CCCN2CC2CCCC2)C1.O=C(O)C(F)(F)F. The molecule has 5 nitrogen and oxygen atoms in total. The highest BCUT2D eigenvalue weighted by molar-refractivity contribution is 5.78. The number of rotatable bonds is 3. The Morgan fingerprint density at radius 3 is 2.11 bits per heavy atom. The average molecular weight is 406 g/mol.